The van der Waals surface area contributed by atoms with Crippen molar-refractivity contribution in [2.24, 2.45) is 0 Å². The SMILES string of the molecule is C[Si](C)(C)c1c2c(cc3ccccc13)-c1c(ccc3ccccc13)C2=O. The number of benzene rings is 4. The number of rotatable bonds is 1. The van der Waals surface area contributed by atoms with Gasteiger partial charge in [-0.15, -0.1) is 0 Å². The molecule has 0 saturated heterocycles. The number of hydrogen-bond acceptors (Lipinski definition) is 1. The minimum Gasteiger partial charge on any atom is -0.289 e. The van der Waals surface area contributed by atoms with Gasteiger partial charge < -0.3 is 0 Å². The maximum atomic E-state index is 13.5. The molecule has 0 N–H and O–H groups in total. The van der Waals surface area contributed by atoms with E-state index in [2.05, 4.69) is 80.3 Å². The molecular formula is C24H20OSi. The zero-order valence-electron chi connectivity index (χ0n) is 15.3. The molecule has 0 aromatic heterocycles. The molecule has 0 bridgehead atoms. The van der Waals surface area contributed by atoms with E-state index >= 15 is 0 Å². The van der Waals surface area contributed by atoms with Gasteiger partial charge in [0.05, 0.1) is 8.07 Å². The maximum Gasteiger partial charge on any atom is 0.194 e. The van der Waals surface area contributed by atoms with Gasteiger partial charge in [-0.1, -0.05) is 74.2 Å². The van der Waals surface area contributed by atoms with E-state index in [0.717, 1.165) is 22.3 Å². The topological polar surface area (TPSA) is 17.1 Å². The van der Waals surface area contributed by atoms with Gasteiger partial charge in [-0.05, 0) is 44.4 Å². The van der Waals surface area contributed by atoms with Gasteiger partial charge in [0, 0.05) is 16.7 Å². The lowest BCUT2D eigenvalue weighted by atomic mass is 9.96. The molecule has 4 aromatic rings. The summed E-state index contributed by atoms with van der Waals surface area (Å²) in [7, 11) is -1.72. The van der Waals surface area contributed by atoms with Crippen LogP contribution in [-0.2, 0) is 0 Å². The van der Waals surface area contributed by atoms with Crippen molar-refractivity contribution in [3.05, 3.63) is 77.9 Å². The Hall–Kier alpha value is -2.71. The smallest absolute Gasteiger partial charge is 0.194 e. The number of carbonyl (C=O) groups is 1. The van der Waals surface area contributed by atoms with Gasteiger partial charge in [0.25, 0.3) is 0 Å². The molecule has 0 aliphatic heterocycles. The first-order chi connectivity index (χ1) is 12.5. The van der Waals surface area contributed by atoms with E-state index in [4.69, 9.17) is 0 Å². The molecule has 5 rings (SSSR count). The quantitative estimate of drug-likeness (QED) is 0.351. The van der Waals surface area contributed by atoms with Crippen LogP contribution >= 0.6 is 0 Å². The van der Waals surface area contributed by atoms with Crippen molar-refractivity contribution in [1.82, 2.24) is 0 Å². The molecule has 0 heterocycles. The summed E-state index contributed by atoms with van der Waals surface area (Å²) in [5.74, 6) is 0.198. The van der Waals surface area contributed by atoms with E-state index in [0.29, 0.717) is 0 Å². The van der Waals surface area contributed by atoms with Gasteiger partial charge in [0.15, 0.2) is 5.78 Å². The molecule has 0 saturated carbocycles. The molecule has 0 fully saturated rings. The third-order valence-corrected chi connectivity index (χ3v) is 7.49. The van der Waals surface area contributed by atoms with Gasteiger partial charge in [0.1, 0.15) is 0 Å². The molecule has 1 nitrogen and oxygen atoms in total. The average Bonchev–Trinajstić information content (AvgIpc) is 2.91. The summed E-state index contributed by atoms with van der Waals surface area (Å²) < 4.78 is 0. The van der Waals surface area contributed by atoms with E-state index in [9.17, 15) is 4.79 Å². The first-order valence-corrected chi connectivity index (χ1v) is 12.6. The highest BCUT2D eigenvalue weighted by Crippen LogP contribution is 2.43. The van der Waals surface area contributed by atoms with Gasteiger partial charge in [-0.3, -0.25) is 4.79 Å². The van der Waals surface area contributed by atoms with Gasteiger partial charge >= 0.3 is 0 Å². The van der Waals surface area contributed by atoms with Crippen LogP contribution in [0, 0.1) is 0 Å². The summed E-state index contributed by atoms with van der Waals surface area (Å²) in [5, 5.41) is 6.15. The van der Waals surface area contributed by atoms with Crippen LogP contribution in [0.3, 0.4) is 0 Å². The molecule has 126 valence electrons. The average molecular weight is 353 g/mol. The van der Waals surface area contributed by atoms with E-state index < -0.39 is 8.07 Å². The molecule has 1 aliphatic carbocycles. The van der Waals surface area contributed by atoms with E-state index in [-0.39, 0.29) is 5.78 Å². The normalized spacial score (nSPS) is 13.3. The monoisotopic (exact) mass is 352 g/mol. The zero-order chi connectivity index (χ0) is 18.1. The first kappa shape index (κ1) is 15.5. The summed E-state index contributed by atoms with van der Waals surface area (Å²) in [6.07, 6.45) is 0. The minimum atomic E-state index is -1.72. The first-order valence-electron chi connectivity index (χ1n) is 9.10. The maximum absolute atomic E-state index is 13.5. The molecule has 2 heteroatoms. The van der Waals surface area contributed by atoms with Crippen LogP contribution in [0.4, 0.5) is 0 Å². The highest BCUT2D eigenvalue weighted by Gasteiger charge is 2.35. The molecular weight excluding hydrogens is 332 g/mol. The zero-order valence-corrected chi connectivity index (χ0v) is 16.3. The molecule has 0 radical (unpaired) electrons. The fraction of sp³-hybridized carbons (Fsp3) is 0.125. The third kappa shape index (κ3) is 1.99. The standard InChI is InChI=1S/C24H20OSi/c1-26(2,3)24-18-11-7-5-9-16(18)14-20-21-17-10-6-4-8-15(17)12-13-19(21)23(25)22(20)24/h4-14H,1-3H3. The molecule has 0 atom stereocenters. The van der Waals surface area contributed by atoms with Crippen LogP contribution in [0.2, 0.25) is 19.6 Å². The largest absolute Gasteiger partial charge is 0.289 e. The number of ketones is 1. The summed E-state index contributed by atoms with van der Waals surface area (Å²) in [5.41, 5.74) is 4.05. The molecule has 0 spiro atoms. The molecule has 4 aromatic carbocycles. The van der Waals surface area contributed by atoms with Crippen LogP contribution in [0.25, 0.3) is 32.7 Å². The Morgan fingerprint density at radius 3 is 2.04 bits per heavy atom. The predicted molar refractivity (Wildman–Crippen MR) is 113 cm³/mol. The number of fused-ring (bicyclic) bond motifs is 6. The number of hydrogen-bond donors (Lipinski definition) is 0. The Balaban J connectivity index is 2.01. The van der Waals surface area contributed by atoms with E-state index in [1.54, 1.807) is 0 Å². The second kappa shape index (κ2) is 5.15. The lowest BCUT2D eigenvalue weighted by Crippen LogP contribution is -2.41. The highest BCUT2D eigenvalue weighted by molar-refractivity contribution is 6.91. The van der Waals surface area contributed by atoms with Gasteiger partial charge in [0.2, 0.25) is 0 Å². The molecule has 26 heavy (non-hydrogen) atoms. The van der Waals surface area contributed by atoms with Gasteiger partial charge in [-0.25, -0.2) is 0 Å². The van der Waals surface area contributed by atoms with Crippen molar-refractivity contribution in [2.45, 2.75) is 19.6 Å². The Morgan fingerprint density at radius 2 is 1.31 bits per heavy atom. The minimum absolute atomic E-state index is 0.198. The van der Waals surface area contributed by atoms with Crippen LogP contribution in [0.5, 0.6) is 0 Å². The van der Waals surface area contributed by atoms with Crippen molar-refractivity contribution in [1.29, 1.82) is 0 Å². The Labute approximate surface area is 154 Å². The molecule has 0 unspecified atom stereocenters. The fourth-order valence-electron chi connectivity index (χ4n) is 4.45. The Kier molecular flexibility index (Phi) is 3.08. The van der Waals surface area contributed by atoms with Crippen LogP contribution < -0.4 is 5.19 Å². The van der Waals surface area contributed by atoms with E-state index in [1.807, 2.05) is 6.07 Å². The highest BCUT2D eigenvalue weighted by atomic mass is 28.3. The van der Waals surface area contributed by atoms with Crippen LogP contribution in [0.1, 0.15) is 15.9 Å². The van der Waals surface area contributed by atoms with Crippen molar-refractivity contribution in [3.8, 4) is 11.1 Å². The lowest BCUT2D eigenvalue weighted by molar-refractivity contribution is 0.104. The number of carbonyl (C=O) groups excluding carboxylic acids is 1. The van der Waals surface area contributed by atoms with Crippen LogP contribution in [0.15, 0.2) is 66.7 Å². The molecule has 0 amide bonds. The Bertz CT molecular complexity index is 1230. The van der Waals surface area contributed by atoms with Crippen molar-refractivity contribution in [3.63, 3.8) is 0 Å². The summed E-state index contributed by atoms with van der Waals surface area (Å²) in [6.45, 7) is 7.01. The third-order valence-electron chi connectivity index (χ3n) is 5.47. The van der Waals surface area contributed by atoms with Crippen molar-refractivity contribution < 1.29 is 4.79 Å². The van der Waals surface area contributed by atoms with Crippen LogP contribution in [-0.4, -0.2) is 13.9 Å². The van der Waals surface area contributed by atoms with E-state index in [1.165, 1.54) is 26.7 Å². The van der Waals surface area contributed by atoms with Crippen molar-refractivity contribution in [2.75, 3.05) is 0 Å². The molecule has 1 aliphatic rings. The van der Waals surface area contributed by atoms with Crippen molar-refractivity contribution >= 4 is 40.6 Å². The summed E-state index contributed by atoms with van der Waals surface area (Å²) in [6, 6.07) is 23.2. The Morgan fingerprint density at radius 1 is 0.654 bits per heavy atom. The summed E-state index contributed by atoms with van der Waals surface area (Å²) in [4.78, 5) is 13.5. The lowest BCUT2D eigenvalue weighted by Gasteiger charge is -2.23. The fourth-order valence-corrected chi connectivity index (χ4v) is 6.48. The second-order valence-corrected chi connectivity index (χ2v) is 13.2. The predicted octanol–water partition coefficient (Wildman–Crippen LogP) is 5.75. The summed E-state index contributed by atoms with van der Waals surface area (Å²) >= 11 is 0. The van der Waals surface area contributed by atoms with Gasteiger partial charge in [-0.2, -0.15) is 0 Å². The second-order valence-electron chi connectivity index (χ2n) is 8.18.